The van der Waals surface area contributed by atoms with Crippen molar-refractivity contribution >= 4 is 17.2 Å². The minimum absolute atomic E-state index is 0.242. The van der Waals surface area contributed by atoms with Gasteiger partial charge in [-0.2, -0.15) is 5.10 Å². The minimum atomic E-state index is -0.351. The first-order valence-corrected chi connectivity index (χ1v) is 9.75. The number of hydrogen-bond donors (Lipinski definition) is 1. The van der Waals surface area contributed by atoms with Crippen LogP contribution in [0.5, 0.6) is 17.2 Å². The van der Waals surface area contributed by atoms with Crippen LogP contribution in [0.4, 0.5) is 5.69 Å². The lowest BCUT2D eigenvalue weighted by atomic mass is 10.1. The fourth-order valence-corrected chi connectivity index (χ4v) is 3.26. The highest BCUT2D eigenvalue weighted by Crippen LogP contribution is 2.32. The largest absolute Gasteiger partial charge is 0.493 e. The van der Waals surface area contributed by atoms with Crippen molar-refractivity contribution in [2.24, 2.45) is 0 Å². The zero-order valence-corrected chi connectivity index (χ0v) is 17.5. The average molecular weight is 418 g/mol. The lowest BCUT2D eigenvalue weighted by Crippen LogP contribution is -2.13. The van der Waals surface area contributed by atoms with E-state index < -0.39 is 0 Å². The van der Waals surface area contributed by atoms with Crippen LogP contribution in [0.15, 0.2) is 60.8 Å². The molecule has 4 aromatic rings. The lowest BCUT2D eigenvalue weighted by molar-refractivity contribution is 0.102. The molecular weight excluding hydrogens is 396 g/mol. The Hall–Kier alpha value is -4.07. The topological polar surface area (TPSA) is 87.0 Å². The summed E-state index contributed by atoms with van der Waals surface area (Å²) >= 11 is 0. The number of anilines is 1. The summed E-state index contributed by atoms with van der Waals surface area (Å²) in [5, 5.41) is 7.35. The number of fused-ring (bicyclic) bond motifs is 1. The van der Waals surface area contributed by atoms with Gasteiger partial charge < -0.3 is 19.5 Å². The maximum Gasteiger partial charge on any atom is 0.276 e. The van der Waals surface area contributed by atoms with Crippen LogP contribution in [-0.2, 0) is 0 Å². The van der Waals surface area contributed by atoms with Crippen molar-refractivity contribution < 1.29 is 19.0 Å². The van der Waals surface area contributed by atoms with Gasteiger partial charge in [0.05, 0.1) is 32.2 Å². The molecule has 0 aliphatic heterocycles. The van der Waals surface area contributed by atoms with E-state index in [0.717, 1.165) is 11.3 Å². The fraction of sp³-hybridized carbons (Fsp3) is 0.174. The van der Waals surface area contributed by atoms with E-state index in [2.05, 4.69) is 15.4 Å². The van der Waals surface area contributed by atoms with Crippen molar-refractivity contribution in [2.45, 2.75) is 6.92 Å². The molecule has 1 amide bonds. The van der Waals surface area contributed by atoms with Gasteiger partial charge in [0.1, 0.15) is 5.75 Å². The standard InChI is InChI=1S/C23H22N4O4/c1-4-31-19-8-6-5-7-16(19)25-23(28)17-14-22-24-12-11-18(27(22)26-17)15-9-10-20(29-2)21(13-15)30-3/h5-14H,4H2,1-3H3,(H,25,28). The Labute approximate surface area is 179 Å². The normalized spacial score (nSPS) is 10.7. The smallest absolute Gasteiger partial charge is 0.276 e. The first-order valence-electron chi connectivity index (χ1n) is 9.75. The van der Waals surface area contributed by atoms with Gasteiger partial charge in [-0.3, -0.25) is 4.79 Å². The first-order chi connectivity index (χ1) is 15.1. The molecule has 0 saturated heterocycles. The third-order valence-electron chi connectivity index (χ3n) is 4.71. The molecule has 0 unspecified atom stereocenters. The molecule has 0 fully saturated rings. The van der Waals surface area contributed by atoms with Crippen LogP contribution in [0.1, 0.15) is 17.4 Å². The number of rotatable bonds is 7. The maximum atomic E-state index is 12.9. The van der Waals surface area contributed by atoms with Crippen LogP contribution in [0.25, 0.3) is 16.9 Å². The Balaban J connectivity index is 1.69. The summed E-state index contributed by atoms with van der Waals surface area (Å²) in [6.07, 6.45) is 1.68. The third-order valence-corrected chi connectivity index (χ3v) is 4.71. The summed E-state index contributed by atoms with van der Waals surface area (Å²) in [7, 11) is 3.17. The highest BCUT2D eigenvalue weighted by atomic mass is 16.5. The number of amides is 1. The van der Waals surface area contributed by atoms with Crippen LogP contribution in [-0.4, -0.2) is 41.3 Å². The van der Waals surface area contributed by atoms with Gasteiger partial charge in [-0.25, -0.2) is 9.50 Å². The van der Waals surface area contributed by atoms with Gasteiger partial charge in [-0.15, -0.1) is 0 Å². The molecule has 0 aliphatic rings. The Morgan fingerprint density at radius 2 is 1.81 bits per heavy atom. The zero-order valence-electron chi connectivity index (χ0n) is 17.5. The Kier molecular flexibility index (Phi) is 5.70. The van der Waals surface area contributed by atoms with Crippen LogP contribution < -0.4 is 19.5 Å². The zero-order chi connectivity index (χ0) is 21.8. The lowest BCUT2D eigenvalue weighted by Gasteiger charge is -2.10. The molecule has 0 saturated carbocycles. The SMILES string of the molecule is CCOc1ccccc1NC(=O)c1cc2nccc(-c3ccc(OC)c(OC)c3)n2n1. The summed E-state index contributed by atoms with van der Waals surface area (Å²) in [6.45, 7) is 2.39. The van der Waals surface area contributed by atoms with E-state index in [9.17, 15) is 4.79 Å². The van der Waals surface area contributed by atoms with Gasteiger partial charge in [0.2, 0.25) is 0 Å². The maximum absolute atomic E-state index is 12.9. The molecule has 31 heavy (non-hydrogen) atoms. The molecule has 0 spiro atoms. The molecule has 0 atom stereocenters. The van der Waals surface area contributed by atoms with Crippen LogP contribution in [0.3, 0.4) is 0 Å². The molecule has 2 aromatic heterocycles. The van der Waals surface area contributed by atoms with Gasteiger partial charge in [0, 0.05) is 17.8 Å². The second-order valence-electron chi connectivity index (χ2n) is 6.58. The van der Waals surface area contributed by atoms with E-state index in [1.807, 2.05) is 43.3 Å². The number of aromatic nitrogens is 3. The number of methoxy groups -OCH3 is 2. The van der Waals surface area contributed by atoms with E-state index in [1.54, 1.807) is 43.1 Å². The Morgan fingerprint density at radius 3 is 2.58 bits per heavy atom. The highest BCUT2D eigenvalue weighted by molar-refractivity contribution is 6.04. The molecule has 0 bridgehead atoms. The quantitative estimate of drug-likeness (QED) is 0.487. The number of nitrogens with one attached hydrogen (secondary N) is 1. The highest BCUT2D eigenvalue weighted by Gasteiger charge is 2.16. The van der Waals surface area contributed by atoms with E-state index >= 15 is 0 Å². The first kappa shape index (κ1) is 20.2. The van der Waals surface area contributed by atoms with Crippen molar-refractivity contribution in [1.29, 1.82) is 0 Å². The molecule has 0 radical (unpaired) electrons. The van der Waals surface area contributed by atoms with Crippen LogP contribution >= 0.6 is 0 Å². The molecule has 0 aliphatic carbocycles. The molecule has 2 heterocycles. The predicted molar refractivity (Wildman–Crippen MR) is 117 cm³/mol. The number of para-hydroxylation sites is 2. The number of hydrogen-bond acceptors (Lipinski definition) is 6. The molecule has 1 N–H and O–H groups in total. The number of ether oxygens (including phenoxy) is 3. The van der Waals surface area contributed by atoms with Crippen molar-refractivity contribution in [3.63, 3.8) is 0 Å². The van der Waals surface area contributed by atoms with Crippen molar-refractivity contribution in [1.82, 2.24) is 14.6 Å². The average Bonchev–Trinajstić information content (AvgIpc) is 3.25. The summed E-state index contributed by atoms with van der Waals surface area (Å²) in [4.78, 5) is 17.2. The molecule has 4 rings (SSSR count). The monoisotopic (exact) mass is 418 g/mol. The van der Waals surface area contributed by atoms with Crippen molar-refractivity contribution in [2.75, 3.05) is 26.1 Å². The van der Waals surface area contributed by atoms with Gasteiger partial charge >= 0.3 is 0 Å². The summed E-state index contributed by atoms with van der Waals surface area (Å²) in [5.74, 6) is 1.48. The van der Waals surface area contributed by atoms with Crippen molar-refractivity contribution in [3.8, 4) is 28.5 Å². The van der Waals surface area contributed by atoms with Gasteiger partial charge in [0.25, 0.3) is 5.91 Å². The van der Waals surface area contributed by atoms with Gasteiger partial charge in [-0.05, 0) is 43.3 Å². The van der Waals surface area contributed by atoms with Gasteiger partial charge in [-0.1, -0.05) is 12.1 Å². The van der Waals surface area contributed by atoms with E-state index in [0.29, 0.717) is 35.2 Å². The molecular formula is C23H22N4O4. The second-order valence-corrected chi connectivity index (χ2v) is 6.58. The van der Waals surface area contributed by atoms with E-state index in [-0.39, 0.29) is 11.6 Å². The van der Waals surface area contributed by atoms with Crippen LogP contribution in [0.2, 0.25) is 0 Å². The van der Waals surface area contributed by atoms with E-state index in [1.165, 1.54) is 0 Å². The van der Waals surface area contributed by atoms with E-state index in [4.69, 9.17) is 14.2 Å². The number of nitrogens with zero attached hydrogens (tertiary/aromatic N) is 3. The van der Waals surface area contributed by atoms with Gasteiger partial charge in [0.15, 0.2) is 22.8 Å². The number of carbonyl (C=O) groups is 1. The molecule has 8 nitrogen and oxygen atoms in total. The summed E-state index contributed by atoms with van der Waals surface area (Å²) in [5.41, 5.74) is 2.99. The molecule has 2 aromatic carbocycles. The fourth-order valence-electron chi connectivity index (χ4n) is 3.26. The van der Waals surface area contributed by atoms with Crippen molar-refractivity contribution in [3.05, 3.63) is 66.5 Å². The predicted octanol–water partition coefficient (Wildman–Crippen LogP) is 4.06. The second kappa shape index (κ2) is 8.74. The molecule has 158 valence electrons. The third kappa shape index (κ3) is 4.00. The summed E-state index contributed by atoms with van der Waals surface area (Å²) in [6, 6.07) is 16.3. The van der Waals surface area contributed by atoms with Crippen LogP contribution in [0, 0.1) is 0 Å². The number of benzene rings is 2. The minimum Gasteiger partial charge on any atom is -0.493 e. The number of carbonyl (C=O) groups excluding carboxylic acids is 1. The molecule has 8 heteroatoms. The Bertz CT molecular complexity index is 1240. The summed E-state index contributed by atoms with van der Waals surface area (Å²) < 4.78 is 17.9. The Morgan fingerprint density at radius 1 is 1.00 bits per heavy atom.